The Labute approximate surface area is 108 Å². The van der Waals surface area contributed by atoms with E-state index >= 15 is 0 Å². The Bertz CT molecular complexity index is 461. The van der Waals surface area contributed by atoms with E-state index in [0.29, 0.717) is 0 Å². The van der Waals surface area contributed by atoms with Crippen LogP contribution in [-0.4, -0.2) is 42.4 Å². The van der Waals surface area contributed by atoms with Gasteiger partial charge in [0, 0.05) is 0 Å². The van der Waals surface area contributed by atoms with Crippen molar-refractivity contribution in [3.8, 4) is 0 Å². The van der Waals surface area contributed by atoms with Gasteiger partial charge in [0.2, 0.25) is 0 Å². The number of rotatable bonds is 6. The van der Waals surface area contributed by atoms with Crippen LogP contribution in [0.25, 0.3) is 0 Å². The van der Waals surface area contributed by atoms with E-state index in [9.17, 15) is 8.42 Å². The first-order chi connectivity index (χ1) is 7.89. The van der Waals surface area contributed by atoms with Crippen LogP contribution >= 0.6 is 22.9 Å². The SMILES string of the molecule is CCC(CO)(CO)NS(=O)(=O)c1cnc(Cl)s1. The molecule has 1 aromatic heterocycles. The number of sulfonamides is 1. The van der Waals surface area contributed by atoms with Gasteiger partial charge < -0.3 is 10.2 Å². The predicted molar refractivity (Wildman–Crippen MR) is 64.6 cm³/mol. The minimum absolute atomic E-state index is 0.0535. The Hall–Kier alpha value is -0.250. The van der Waals surface area contributed by atoms with Gasteiger partial charge in [0.1, 0.15) is 0 Å². The van der Waals surface area contributed by atoms with Crippen molar-refractivity contribution < 1.29 is 18.6 Å². The summed E-state index contributed by atoms with van der Waals surface area (Å²) >= 11 is 6.36. The van der Waals surface area contributed by atoms with Crippen molar-refractivity contribution in [3.63, 3.8) is 0 Å². The molecule has 0 bridgehead atoms. The molecule has 0 radical (unpaired) electrons. The third-order valence-corrected chi connectivity index (χ3v) is 5.51. The van der Waals surface area contributed by atoms with Crippen molar-refractivity contribution in [1.82, 2.24) is 9.71 Å². The van der Waals surface area contributed by atoms with Gasteiger partial charge in [-0.15, -0.1) is 0 Å². The normalized spacial score (nSPS) is 12.9. The molecule has 0 aromatic carbocycles. The summed E-state index contributed by atoms with van der Waals surface area (Å²) in [4.78, 5) is 3.63. The molecule has 0 fully saturated rings. The van der Waals surface area contributed by atoms with Crippen LogP contribution in [0.1, 0.15) is 13.3 Å². The van der Waals surface area contributed by atoms with E-state index in [1.54, 1.807) is 6.92 Å². The van der Waals surface area contributed by atoms with Gasteiger partial charge in [-0.2, -0.15) is 4.72 Å². The minimum Gasteiger partial charge on any atom is -0.394 e. The Kier molecular flexibility index (Phi) is 4.87. The highest BCUT2D eigenvalue weighted by Gasteiger charge is 2.33. The van der Waals surface area contributed by atoms with E-state index < -0.39 is 28.8 Å². The average Bonchev–Trinajstić information content (AvgIpc) is 2.74. The molecule has 0 aliphatic heterocycles. The monoisotopic (exact) mass is 300 g/mol. The van der Waals surface area contributed by atoms with Gasteiger partial charge in [-0.25, -0.2) is 13.4 Å². The largest absolute Gasteiger partial charge is 0.394 e. The number of hydrogen-bond acceptors (Lipinski definition) is 6. The molecular weight excluding hydrogens is 288 g/mol. The van der Waals surface area contributed by atoms with E-state index in [0.717, 1.165) is 17.5 Å². The minimum atomic E-state index is -3.83. The summed E-state index contributed by atoms with van der Waals surface area (Å²) in [5.74, 6) is 0. The van der Waals surface area contributed by atoms with Crippen molar-refractivity contribution in [2.24, 2.45) is 0 Å². The molecule has 0 aliphatic carbocycles. The summed E-state index contributed by atoms with van der Waals surface area (Å²) in [7, 11) is -3.83. The second-order valence-corrected chi connectivity index (χ2v) is 7.01. The number of nitrogens with one attached hydrogen (secondary N) is 1. The van der Waals surface area contributed by atoms with Gasteiger partial charge in [0.05, 0.1) is 24.9 Å². The topological polar surface area (TPSA) is 99.5 Å². The predicted octanol–water partition coefficient (Wildman–Crippen LogP) is 0.208. The molecule has 0 spiro atoms. The number of halogens is 1. The van der Waals surface area contributed by atoms with Crippen LogP contribution in [0.2, 0.25) is 4.47 Å². The average molecular weight is 301 g/mol. The third-order valence-electron chi connectivity index (χ3n) is 2.35. The number of aliphatic hydroxyl groups excluding tert-OH is 2. The molecule has 0 atom stereocenters. The number of aromatic nitrogens is 1. The van der Waals surface area contributed by atoms with Gasteiger partial charge in [-0.05, 0) is 6.42 Å². The Morgan fingerprint density at radius 1 is 1.53 bits per heavy atom. The summed E-state index contributed by atoms with van der Waals surface area (Å²) in [6.45, 7) is 0.673. The zero-order valence-electron chi connectivity index (χ0n) is 9.05. The fourth-order valence-corrected chi connectivity index (χ4v) is 3.86. The van der Waals surface area contributed by atoms with Crippen molar-refractivity contribution >= 4 is 33.0 Å². The first kappa shape index (κ1) is 14.8. The molecular formula is C8H13ClN2O4S2. The fraction of sp³-hybridized carbons (Fsp3) is 0.625. The first-order valence-corrected chi connectivity index (χ1v) is 7.44. The van der Waals surface area contributed by atoms with Crippen LogP contribution in [0.5, 0.6) is 0 Å². The Morgan fingerprint density at radius 2 is 2.12 bits per heavy atom. The highest BCUT2D eigenvalue weighted by atomic mass is 35.5. The lowest BCUT2D eigenvalue weighted by Crippen LogP contribution is -2.53. The second kappa shape index (κ2) is 5.59. The molecule has 1 aromatic rings. The van der Waals surface area contributed by atoms with E-state index in [-0.39, 0.29) is 15.1 Å². The molecule has 0 saturated heterocycles. The van der Waals surface area contributed by atoms with E-state index in [4.69, 9.17) is 21.8 Å². The number of hydrogen-bond donors (Lipinski definition) is 3. The molecule has 0 unspecified atom stereocenters. The van der Waals surface area contributed by atoms with Gasteiger partial charge >= 0.3 is 0 Å². The van der Waals surface area contributed by atoms with Gasteiger partial charge in [0.15, 0.2) is 8.68 Å². The van der Waals surface area contributed by atoms with Crippen LogP contribution in [0.15, 0.2) is 10.4 Å². The lowest BCUT2D eigenvalue weighted by molar-refractivity contribution is 0.105. The lowest BCUT2D eigenvalue weighted by atomic mass is 10.0. The van der Waals surface area contributed by atoms with Crippen LogP contribution in [0, 0.1) is 0 Å². The molecule has 98 valence electrons. The molecule has 0 aliphatic rings. The Balaban J connectivity index is 3.00. The quantitative estimate of drug-likeness (QED) is 0.697. The zero-order chi connectivity index (χ0) is 13.1. The summed E-state index contributed by atoms with van der Waals surface area (Å²) in [6.07, 6.45) is 1.39. The lowest BCUT2D eigenvalue weighted by Gasteiger charge is -2.28. The maximum absolute atomic E-state index is 11.9. The summed E-state index contributed by atoms with van der Waals surface area (Å²) in [5.41, 5.74) is -1.27. The van der Waals surface area contributed by atoms with Crippen molar-refractivity contribution in [3.05, 3.63) is 10.7 Å². The molecule has 3 N–H and O–H groups in total. The number of nitrogens with zero attached hydrogens (tertiary/aromatic N) is 1. The molecule has 1 heterocycles. The fourth-order valence-electron chi connectivity index (χ4n) is 1.11. The molecule has 0 saturated carbocycles. The smallest absolute Gasteiger partial charge is 0.252 e. The second-order valence-electron chi connectivity index (χ2n) is 3.49. The van der Waals surface area contributed by atoms with Gasteiger partial charge in [-0.3, -0.25) is 0 Å². The summed E-state index contributed by atoms with van der Waals surface area (Å²) in [6, 6.07) is 0. The third kappa shape index (κ3) is 3.36. The zero-order valence-corrected chi connectivity index (χ0v) is 11.4. The highest BCUT2D eigenvalue weighted by molar-refractivity contribution is 7.91. The maximum Gasteiger partial charge on any atom is 0.252 e. The van der Waals surface area contributed by atoms with Crippen molar-refractivity contribution in [2.75, 3.05) is 13.2 Å². The summed E-state index contributed by atoms with van der Waals surface area (Å²) < 4.78 is 26.2. The van der Waals surface area contributed by atoms with Gasteiger partial charge in [-0.1, -0.05) is 29.9 Å². The molecule has 1 rings (SSSR count). The number of aliphatic hydroxyl groups is 2. The van der Waals surface area contributed by atoms with E-state index in [2.05, 4.69) is 9.71 Å². The van der Waals surface area contributed by atoms with E-state index in [1.807, 2.05) is 0 Å². The van der Waals surface area contributed by atoms with E-state index in [1.165, 1.54) is 0 Å². The van der Waals surface area contributed by atoms with Crippen molar-refractivity contribution in [1.29, 1.82) is 0 Å². The molecule has 6 nitrogen and oxygen atoms in total. The molecule has 0 amide bonds. The van der Waals surface area contributed by atoms with Crippen LogP contribution < -0.4 is 4.72 Å². The van der Waals surface area contributed by atoms with Crippen LogP contribution in [0.4, 0.5) is 0 Å². The molecule has 17 heavy (non-hydrogen) atoms. The maximum atomic E-state index is 11.9. The first-order valence-electron chi connectivity index (χ1n) is 4.76. The molecule has 9 heteroatoms. The number of thiazole rings is 1. The summed E-state index contributed by atoms with van der Waals surface area (Å²) in [5, 5.41) is 18.3. The highest BCUT2D eigenvalue weighted by Crippen LogP contribution is 2.24. The standard InChI is InChI=1S/C8H13ClN2O4S2/c1-2-8(4-12,5-13)11-17(14,15)6-3-10-7(9)16-6/h3,11-13H,2,4-5H2,1H3. The van der Waals surface area contributed by atoms with Crippen LogP contribution in [-0.2, 0) is 10.0 Å². The van der Waals surface area contributed by atoms with Crippen LogP contribution in [0.3, 0.4) is 0 Å². The Morgan fingerprint density at radius 3 is 2.47 bits per heavy atom. The van der Waals surface area contributed by atoms with Gasteiger partial charge in [0.25, 0.3) is 10.0 Å². The van der Waals surface area contributed by atoms with Crippen molar-refractivity contribution in [2.45, 2.75) is 23.1 Å².